The molecule has 0 radical (unpaired) electrons. The zero-order chi connectivity index (χ0) is 20.1. The maximum Gasteiger partial charge on any atom is 0.263 e. The minimum Gasteiger partial charge on any atom is -0.506 e. The number of nitrogens with zero attached hydrogens (tertiary/aromatic N) is 2. The van der Waals surface area contributed by atoms with E-state index >= 15 is 0 Å². The highest BCUT2D eigenvalue weighted by Gasteiger charge is 2.13. The number of para-hydroxylation sites is 1. The predicted octanol–water partition coefficient (Wildman–Crippen LogP) is 3.06. The quantitative estimate of drug-likeness (QED) is 0.349. The Morgan fingerprint density at radius 3 is 2.64 bits per heavy atom. The number of hydrogen-bond acceptors (Lipinski definition) is 5. The van der Waals surface area contributed by atoms with Gasteiger partial charge in [0.2, 0.25) is 0 Å². The van der Waals surface area contributed by atoms with Gasteiger partial charge in [0.1, 0.15) is 17.1 Å². The van der Waals surface area contributed by atoms with Crippen LogP contribution < -0.4 is 21.0 Å². The van der Waals surface area contributed by atoms with E-state index in [0.717, 1.165) is 11.4 Å². The van der Waals surface area contributed by atoms with E-state index in [9.17, 15) is 9.90 Å². The van der Waals surface area contributed by atoms with Crippen LogP contribution in [0.15, 0.2) is 58.4 Å². The number of aromatic hydroxyl groups is 1. The molecule has 3 aromatic rings. The summed E-state index contributed by atoms with van der Waals surface area (Å²) < 4.78 is 6.69. The van der Waals surface area contributed by atoms with Crippen LogP contribution in [0.3, 0.4) is 0 Å². The molecule has 3 N–H and O–H groups in total. The lowest BCUT2D eigenvalue weighted by Gasteiger charge is -2.11. The number of hydrogen-bond donors (Lipinski definition) is 3. The number of thiocarbonyl (C=S) groups is 1. The highest BCUT2D eigenvalue weighted by molar-refractivity contribution is 7.80. The summed E-state index contributed by atoms with van der Waals surface area (Å²) in [7, 11) is 1.60. The summed E-state index contributed by atoms with van der Waals surface area (Å²) in [5, 5.41) is 18.3. The van der Waals surface area contributed by atoms with E-state index < -0.39 is 0 Å². The first-order chi connectivity index (χ1) is 13.5. The van der Waals surface area contributed by atoms with E-state index in [4.69, 9.17) is 17.0 Å². The molecule has 0 unspecified atom stereocenters. The van der Waals surface area contributed by atoms with Crippen molar-refractivity contribution in [3.63, 3.8) is 0 Å². The molecule has 0 aliphatic carbocycles. The third-order valence-electron chi connectivity index (χ3n) is 4.20. The highest BCUT2D eigenvalue weighted by atomic mass is 32.1. The molecule has 0 saturated heterocycles. The molecule has 144 valence electrons. The van der Waals surface area contributed by atoms with Crippen LogP contribution in [0.25, 0.3) is 10.9 Å². The molecule has 1 aromatic heterocycles. The molecular formula is C20H20N4O3S. The lowest BCUT2D eigenvalue weighted by Crippen LogP contribution is -2.26. The summed E-state index contributed by atoms with van der Waals surface area (Å²) in [6.07, 6.45) is 1.28. The number of pyridine rings is 1. The maximum atomic E-state index is 12.7. The Hall–Kier alpha value is -3.39. The van der Waals surface area contributed by atoms with E-state index in [0.29, 0.717) is 17.4 Å². The minimum absolute atomic E-state index is 0.0975. The van der Waals surface area contributed by atoms with Gasteiger partial charge in [0.05, 0.1) is 18.8 Å². The molecule has 0 spiro atoms. The van der Waals surface area contributed by atoms with Crippen molar-refractivity contribution in [3.8, 4) is 11.5 Å². The Kier molecular flexibility index (Phi) is 5.90. The Labute approximate surface area is 167 Å². The standard InChI is InChI=1S/C20H20N4O3S/c1-3-24-17-7-5-4-6-15(17)18(25)16(19(24)26)12-21-23-20(28)22-13-8-10-14(27-2)11-9-13/h4-12,25H,3H2,1-2H3,(H2,22,23,28)/b21-12+. The van der Waals surface area contributed by atoms with Crippen LogP contribution in [0.1, 0.15) is 12.5 Å². The molecule has 0 saturated carbocycles. The van der Waals surface area contributed by atoms with E-state index in [-0.39, 0.29) is 22.0 Å². The summed E-state index contributed by atoms with van der Waals surface area (Å²) in [6, 6.07) is 14.4. The fourth-order valence-corrected chi connectivity index (χ4v) is 3.00. The second-order valence-electron chi connectivity index (χ2n) is 5.88. The van der Waals surface area contributed by atoms with Crippen LogP contribution in [-0.2, 0) is 6.54 Å². The highest BCUT2D eigenvalue weighted by Crippen LogP contribution is 2.25. The fraction of sp³-hybridized carbons (Fsp3) is 0.150. The summed E-state index contributed by atoms with van der Waals surface area (Å²) >= 11 is 5.19. The van der Waals surface area contributed by atoms with Crippen molar-refractivity contribution in [2.24, 2.45) is 5.10 Å². The maximum absolute atomic E-state index is 12.7. The van der Waals surface area contributed by atoms with Gasteiger partial charge in [-0.1, -0.05) is 12.1 Å². The van der Waals surface area contributed by atoms with Crippen molar-refractivity contribution in [2.45, 2.75) is 13.5 Å². The van der Waals surface area contributed by atoms with Crippen LogP contribution in [-0.4, -0.2) is 28.1 Å². The molecule has 28 heavy (non-hydrogen) atoms. The number of ether oxygens (including phenoxy) is 1. The Balaban J connectivity index is 1.79. The Bertz CT molecular complexity index is 1090. The summed E-state index contributed by atoms with van der Waals surface area (Å²) in [4.78, 5) is 12.7. The average Bonchev–Trinajstić information content (AvgIpc) is 2.71. The Morgan fingerprint density at radius 2 is 1.96 bits per heavy atom. The first kappa shape index (κ1) is 19.4. The number of benzene rings is 2. The first-order valence-corrected chi connectivity index (χ1v) is 9.04. The van der Waals surface area contributed by atoms with Gasteiger partial charge in [-0.05, 0) is 55.5 Å². The van der Waals surface area contributed by atoms with Gasteiger partial charge in [0.25, 0.3) is 5.56 Å². The van der Waals surface area contributed by atoms with Crippen molar-refractivity contribution < 1.29 is 9.84 Å². The minimum atomic E-state index is -0.321. The number of nitrogens with one attached hydrogen (secondary N) is 2. The predicted molar refractivity (Wildman–Crippen MR) is 115 cm³/mol. The second kappa shape index (κ2) is 8.53. The number of methoxy groups -OCH3 is 1. The van der Waals surface area contributed by atoms with Crippen molar-refractivity contribution in [2.75, 3.05) is 12.4 Å². The van der Waals surface area contributed by atoms with Crippen LogP contribution in [0.4, 0.5) is 5.69 Å². The van der Waals surface area contributed by atoms with Gasteiger partial charge in [0, 0.05) is 17.6 Å². The van der Waals surface area contributed by atoms with E-state index in [2.05, 4.69) is 15.8 Å². The van der Waals surface area contributed by atoms with Crippen LogP contribution >= 0.6 is 12.2 Å². The lowest BCUT2D eigenvalue weighted by molar-refractivity contribution is 0.415. The molecule has 2 aromatic carbocycles. The molecule has 0 fully saturated rings. The average molecular weight is 396 g/mol. The topological polar surface area (TPSA) is 87.9 Å². The SMILES string of the molecule is CCn1c(=O)c(/C=N/NC(=S)Nc2ccc(OC)cc2)c(O)c2ccccc21. The van der Waals surface area contributed by atoms with Gasteiger partial charge in [-0.2, -0.15) is 5.10 Å². The summed E-state index contributed by atoms with van der Waals surface area (Å²) in [6.45, 7) is 2.35. The summed E-state index contributed by atoms with van der Waals surface area (Å²) in [5.74, 6) is 0.631. The van der Waals surface area contributed by atoms with Crippen LogP contribution in [0.2, 0.25) is 0 Å². The zero-order valence-electron chi connectivity index (χ0n) is 15.5. The van der Waals surface area contributed by atoms with Crippen molar-refractivity contribution in [3.05, 3.63) is 64.4 Å². The number of anilines is 1. The molecule has 0 aliphatic rings. The molecule has 3 rings (SSSR count). The first-order valence-electron chi connectivity index (χ1n) is 8.63. The molecule has 0 aliphatic heterocycles. The Morgan fingerprint density at radius 1 is 1.25 bits per heavy atom. The number of hydrazone groups is 1. The molecule has 0 atom stereocenters. The number of fused-ring (bicyclic) bond motifs is 1. The van der Waals surface area contributed by atoms with Gasteiger partial charge in [-0.25, -0.2) is 0 Å². The number of rotatable bonds is 5. The lowest BCUT2D eigenvalue weighted by atomic mass is 10.1. The van der Waals surface area contributed by atoms with Crippen molar-refractivity contribution >= 4 is 40.1 Å². The van der Waals surface area contributed by atoms with E-state index in [1.54, 1.807) is 42.0 Å². The number of aryl methyl sites for hydroxylation is 1. The van der Waals surface area contributed by atoms with Gasteiger partial charge in [0.15, 0.2) is 5.11 Å². The van der Waals surface area contributed by atoms with Gasteiger partial charge >= 0.3 is 0 Å². The third kappa shape index (κ3) is 3.96. The van der Waals surface area contributed by atoms with Crippen LogP contribution in [0, 0.1) is 0 Å². The van der Waals surface area contributed by atoms with Gasteiger partial charge in [-0.3, -0.25) is 10.2 Å². The second-order valence-corrected chi connectivity index (χ2v) is 6.29. The molecule has 0 amide bonds. The fourth-order valence-electron chi connectivity index (χ4n) is 2.83. The summed E-state index contributed by atoms with van der Waals surface area (Å²) in [5.41, 5.74) is 3.86. The molecule has 1 heterocycles. The number of aromatic nitrogens is 1. The van der Waals surface area contributed by atoms with Crippen LogP contribution in [0.5, 0.6) is 11.5 Å². The molecule has 0 bridgehead atoms. The van der Waals surface area contributed by atoms with Crippen molar-refractivity contribution in [1.82, 2.24) is 9.99 Å². The molecular weight excluding hydrogens is 376 g/mol. The monoisotopic (exact) mass is 396 g/mol. The smallest absolute Gasteiger partial charge is 0.263 e. The largest absolute Gasteiger partial charge is 0.506 e. The van der Waals surface area contributed by atoms with E-state index in [1.165, 1.54) is 6.21 Å². The molecule has 8 heteroatoms. The van der Waals surface area contributed by atoms with Gasteiger partial charge in [-0.15, -0.1) is 0 Å². The van der Waals surface area contributed by atoms with Crippen molar-refractivity contribution in [1.29, 1.82) is 0 Å². The van der Waals surface area contributed by atoms with E-state index in [1.807, 2.05) is 25.1 Å². The normalized spacial score (nSPS) is 10.9. The third-order valence-corrected chi connectivity index (χ3v) is 4.40. The zero-order valence-corrected chi connectivity index (χ0v) is 16.3. The molecule has 7 nitrogen and oxygen atoms in total. The van der Waals surface area contributed by atoms with Gasteiger partial charge < -0.3 is 19.7 Å².